The first-order chi connectivity index (χ1) is 11.0. The number of aromatic nitrogens is 2. The number of amides is 1. The van der Waals surface area contributed by atoms with Crippen molar-refractivity contribution in [1.82, 2.24) is 9.97 Å². The first-order valence-electron chi connectivity index (χ1n) is 7.04. The molecule has 0 fully saturated rings. The number of hydrogen-bond donors (Lipinski definition) is 3. The molecule has 0 aliphatic carbocycles. The summed E-state index contributed by atoms with van der Waals surface area (Å²) in [5.74, 6) is 0.997. The van der Waals surface area contributed by atoms with Crippen LogP contribution in [0.1, 0.15) is 13.3 Å². The van der Waals surface area contributed by atoms with Gasteiger partial charge in [0, 0.05) is 6.07 Å². The summed E-state index contributed by atoms with van der Waals surface area (Å²) in [6.07, 6.45) is 0.601. The maximum atomic E-state index is 12.5. The van der Waals surface area contributed by atoms with Gasteiger partial charge in [-0.25, -0.2) is 9.97 Å². The molecule has 1 aromatic heterocycles. The van der Waals surface area contributed by atoms with Crippen LogP contribution < -0.4 is 21.5 Å². The van der Waals surface area contributed by atoms with E-state index in [1.807, 2.05) is 19.1 Å². The van der Waals surface area contributed by atoms with Crippen LogP contribution in [0.2, 0.25) is 0 Å². The fourth-order valence-electron chi connectivity index (χ4n) is 1.93. The van der Waals surface area contributed by atoms with Gasteiger partial charge in [-0.3, -0.25) is 4.79 Å². The highest BCUT2D eigenvalue weighted by Crippen LogP contribution is 2.27. The molecule has 1 atom stereocenters. The van der Waals surface area contributed by atoms with Crippen LogP contribution in [-0.4, -0.2) is 28.2 Å². The summed E-state index contributed by atoms with van der Waals surface area (Å²) in [4.78, 5) is 20.7. The third kappa shape index (κ3) is 4.49. The molecule has 0 unspecified atom stereocenters. The molecule has 8 heteroatoms. The molecular weight excluding hydrogens is 314 g/mol. The van der Waals surface area contributed by atoms with Crippen LogP contribution in [0.3, 0.4) is 0 Å². The number of para-hydroxylation sites is 2. The molecule has 2 aromatic rings. The van der Waals surface area contributed by atoms with Crippen molar-refractivity contribution in [3.63, 3.8) is 0 Å². The zero-order chi connectivity index (χ0) is 16.8. The van der Waals surface area contributed by atoms with Gasteiger partial charge in [-0.05, 0) is 18.6 Å². The van der Waals surface area contributed by atoms with Gasteiger partial charge < -0.3 is 21.5 Å². The number of carbonyl (C=O) groups excluding carboxylic acids is 1. The number of nitrogens with two attached hydrogens (primary N) is 2. The molecule has 0 aliphatic rings. The standard InChI is InChI=1S/C15H19N5O2S/c1-3-11(23-15-19-12(16)8-13(17)20-15)14(21)18-9-6-4-5-7-10(9)22-2/h4-8,11H,3H2,1-2H3,(H,18,21)(H4,16,17,19,20)/t11-/m1/s1. The number of ether oxygens (including phenoxy) is 1. The van der Waals surface area contributed by atoms with E-state index in [0.717, 1.165) is 0 Å². The average molecular weight is 333 g/mol. The van der Waals surface area contributed by atoms with Gasteiger partial charge in [0.05, 0.1) is 18.0 Å². The van der Waals surface area contributed by atoms with Crippen molar-refractivity contribution in [1.29, 1.82) is 0 Å². The number of nitrogens with one attached hydrogen (secondary N) is 1. The summed E-state index contributed by atoms with van der Waals surface area (Å²) in [6.45, 7) is 1.91. The van der Waals surface area contributed by atoms with Gasteiger partial charge in [0.1, 0.15) is 17.4 Å². The summed E-state index contributed by atoms with van der Waals surface area (Å²) in [6, 6.07) is 8.70. The van der Waals surface area contributed by atoms with Gasteiger partial charge >= 0.3 is 0 Å². The van der Waals surface area contributed by atoms with Crippen molar-refractivity contribution in [2.75, 3.05) is 23.9 Å². The highest BCUT2D eigenvalue weighted by Gasteiger charge is 2.21. The normalized spacial score (nSPS) is 11.7. The van der Waals surface area contributed by atoms with Crippen molar-refractivity contribution in [3.8, 4) is 5.75 Å². The minimum atomic E-state index is -0.374. The second kappa shape index (κ2) is 7.68. The Hall–Kier alpha value is -2.48. The molecule has 7 nitrogen and oxygen atoms in total. The van der Waals surface area contributed by atoms with E-state index in [1.165, 1.54) is 17.8 Å². The van der Waals surface area contributed by atoms with E-state index < -0.39 is 0 Å². The lowest BCUT2D eigenvalue weighted by Crippen LogP contribution is -2.25. The van der Waals surface area contributed by atoms with Crippen molar-refractivity contribution in [2.24, 2.45) is 0 Å². The monoisotopic (exact) mass is 333 g/mol. The van der Waals surface area contributed by atoms with E-state index in [-0.39, 0.29) is 22.8 Å². The highest BCUT2D eigenvalue weighted by molar-refractivity contribution is 8.00. The predicted molar refractivity (Wildman–Crippen MR) is 92.4 cm³/mol. The number of thioether (sulfide) groups is 1. The van der Waals surface area contributed by atoms with Gasteiger partial charge in [-0.2, -0.15) is 0 Å². The van der Waals surface area contributed by atoms with Crippen LogP contribution in [0.5, 0.6) is 5.75 Å². The van der Waals surface area contributed by atoms with Gasteiger partial charge in [-0.15, -0.1) is 0 Å². The van der Waals surface area contributed by atoms with E-state index in [9.17, 15) is 4.79 Å². The molecule has 23 heavy (non-hydrogen) atoms. The number of nitrogen functional groups attached to an aromatic ring is 2. The van der Waals surface area contributed by atoms with Gasteiger partial charge in [-0.1, -0.05) is 30.8 Å². The van der Waals surface area contributed by atoms with Crippen LogP contribution in [0.15, 0.2) is 35.5 Å². The topological polar surface area (TPSA) is 116 Å². The summed E-state index contributed by atoms with van der Waals surface area (Å²) in [5.41, 5.74) is 11.9. The highest BCUT2D eigenvalue weighted by atomic mass is 32.2. The second-order valence-electron chi connectivity index (χ2n) is 4.70. The number of anilines is 3. The van der Waals surface area contributed by atoms with Gasteiger partial charge in [0.25, 0.3) is 0 Å². The van der Waals surface area contributed by atoms with Crippen LogP contribution in [0, 0.1) is 0 Å². The Bertz CT molecular complexity index is 675. The Labute approximate surface area is 138 Å². The molecule has 0 saturated carbocycles. The van der Waals surface area contributed by atoms with Crippen LogP contribution >= 0.6 is 11.8 Å². The third-order valence-corrected chi connectivity index (χ3v) is 4.25. The van der Waals surface area contributed by atoms with E-state index in [0.29, 0.717) is 23.0 Å². The van der Waals surface area contributed by atoms with Crippen molar-refractivity contribution >= 4 is 35.0 Å². The molecule has 1 amide bonds. The summed E-state index contributed by atoms with van der Waals surface area (Å²) in [5, 5.41) is 2.86. The lowest BCUT2D eigenvalue weighted by Gasteiger charge is -2.15. The summed E-state index contributed by atoms with van der Waals surface area (Å²) < 4.78 is 5.23. The number of methoxy groups -OCH3 is 1. The molecule has 5 N–H and O–H groups in total. The average Bonchev–Trinajstić information content (AvgIpc) is 2.52. The van der Waals surface area contributed by atoms with Crippen molar-refractivity contribution < 1.29 is 9.53 Å². The van der Waals surface area contributed by atoms with E-state index in [1.54, 1.807) is 19.2 Å². The lowest BCUT2D eigenvalue weighted by molar-refractivity contribution is -0.115. The molecule has 122 valence electrons. The predicted octanol–water partition coefficient (Wildman–Crippen LogP) is 2.16. The molecule has 2 rings (SSSR count). The Morgan fingerprint density at radius 1 is 1.30 bits per heavy atom. The fourth-order valence-corrected chi connectivity index (χ4v) is 2.83. The minimum Gasteiger partial charge on any atom is -0.495 e. The molecular formula is C15H19N5O2S. The zero-order valence-electron chi connectivity index (χ0n) is 12.9. The number of nitrogens with zero attached hydrogens (tertiary/aromatic N) is 2. The maximum absolute atomic E-state index is 12.5. The maximum Gasteiger partial charge on any atom is 0.238 e. The van der Waals surface area contributed by atoms with E-state index >= 15 is 0 Å². The van der Waals surface area contributed by atoms with Gasteiger partial charge in [0.15, 0.2) is 5.16 Å². The third-order valence-electron chi connectivity index (χ3n) is 3.02. The van der Waals surface area contributed by atoms with Crippen LogP contribution in [0.25, 0.3) is 0 Å². The summed E-state index contributed by atoms with van der Waals surface area (Å²) in [7, 11) is 1.56. The Balaban J connectivity index is 2.12. The number of benzene rings is 1. The van der Waals surface area contributed by atoms with E-state index in [2.05, 4.69) is 15.3 Å². The SMILES string of the molecule is CC[C@@H](Sc1nc(N)cc(N)n1)C(=O)Nc1ccccc1OC. The van der Waals surface area contributed by atoms with Crippen LogP contribution in [-0.2, 0) is 4.79 Å². The molecule has 0 bridgehead atoms. The van der Waals surface area contributed by atoms with Gasteiger partial charge in [0.2, 0.25) is 5.91 Å². The van der Waals surface area contributed by atoms with Crippen LogP contribution in [0.4, 0.5) is 17.3 Å². The van der Waals surface area contributed by atoms with Crippen molar-refractivity contribution in [2.45, 2.75) is 23.8 Å². The Morgan fingerprint density at radius 3 is 2.57 bits per heavy atom. The van der Waals surface area contributed by atoms with Crippen molar-refractivity contribution in [3.05, 3.63) is 30.3 Å². The molecule has 0 spiro atoms. The number of rotatable bonds is 6. The smallest absolute Gasteiger partial charge is 0.238 e. The second-order valence-corrected chi connectivity index (χ2v) is 5.87. The number of carbonyl (C=O) groups is 1. The quantitative estimate of drug-likeness (QED) is 0.548. The number of hydrogen-bond acceptors (Lipinski definition) is 7. The molecule has 0 aliphatic heterocycles. The minimum absolute atomic E-state index is 0.161. The first kappa shape index (κ1) is 16.9. The molecule has 0 saturated heterocycles. The Kier molecular flexibility index (Phi) is 5.64. The largest absolute Gasteiger partial charge is 0.495 e. The zero-order valence-corrected chi connectivity index (χ0v) is 13.8. The fraction of sp³-hybridized carbons (Fsp3) is 0.267. The molecule has 1 heterocycles. The summed E-state index contributed by atoms with van der Waals surface area (Å²) >= 11 is 1.22. The van der Waals surface area contributed by atoms with E-state index in [4.69, 9.17) is 16.2 Å². The molecule has 1 aromatic carbocycles. The molecule has 0 radical (unpaired) electrons. The lowest BCUT2D eigenvalue weighted by atomic mass is 10.2. The first-order valence-corrected chi connectivity index (χ1v) is 7.92. The Morgan fingerprint density at radius 2 is 1.96 bits per heavy atom.